The summed E-state index contributed by atoms with van der Waals surface area (Å²) in [5.74, 6) is 0.990. The van der Waals surface area contributed by atoms with Crippen LogP contribution in [-0.2, 0) is 0 Å². The average molecular weight is 344 g/mol. The van der Waals surface area contributed by atoms with Crippen molar-refractivity contribution in [3.8, 4) is 11.4 Å². The maximum absolute atomic E-state index is 12.5. The van der Waals surface area contributed by atoms with Crippen LogP contribution in [-0.4, -0.2) is 14.6 Å². The fraction of sp³-hybridized carbons (Fsp3) is 0.235. The lowest BCUT2D eigenvalue weighted by molar-refractivity contribution is 0.612. The molecule has 23 heavy (non-hydrogen) atoms. The van der Waals surface area contributed by atoms with Gasteiger partial charge in [0.05, 0.1) is 4.53 Å². The Morgan fingerprint density at radius 1 is 1.26 bits per heavy atom. The highest BCUT2D eigenvalue weighted by Gasteiger charge is 2.13. The zero-order chi connectivity index (χ0) is 15.8. The molecule has 0 fully saturated rings. The standard InChI is InChI=1S/C17H14ClN3OS/c18-13-8-6-12(7-9-13)15-19-17-21(20-15)16(22)14(23-17)10-11-4-2-1-3-5-11/h1-2,6-11H,3-5H2. The van der Waals surface area contributed by atoms with E-state index in [0.29, 0.717) is 21.7 Å². The number of hydrogen-bond acceptors (Lipinski definition) is 4. The molecule has 0 saturated carbocycles. The highest BCUT2D eigenvalue weighted by molar-refractivity contribution is 7.15. The molecule has 116 valence electrons. The Bertz CT molecular complexity index is 987. The van der Waals surface area contributed by atoms with E-state index in [0.717, 1.165) is 29.4 Å². The first kappa shape index (κ1) is 14.6. The summed E-state index contributed by atoms with van der Waals surface area (Å²) in [6, 6.07) is 7.29. The minimum atomic E-state index is -0.0766. The van der Waals surface area contributed by atoms with Gasteiger partial charge < -0.3 is 0 Å². The molecule has 3 aromatic rings. The highest BCUT2D eigenvalue weighted by Crippen LogP contribution is 2.21. The molecule has 1 atom stereocenters. The van der Waals surface area contributed by atoms with Crippen LogP contribution in [0.15, 0.2) is 41.2 Å². The summed E-state index contributed by atoms with van der Waals surface area (Å²) in [7, 11) is 0. The Morgan fingerprint density at radius 3 is 2.78 bits per heavy atom. The van der Waals surface area contributed by atoms with Crippen LogP contribution in [0.1, 0.15) is 19.3 Å². The van der Waals surface area contributed by atoms with E-state index in [1.54, 1.807) is 12.1 Å². The fourth-order valence-corrected chi connectivity index (χ4v) is 3.85. The monoisotopic (exact) mass is 343 g/mol. The first-order valence-electron chi connectivity index (χ1n) is 7.53. The molecule has 0 bridgehead atoms. The predicted molar refractivity (Wildman–Crippen MR) is 93.7 cm³/mol. The third-order valence-electron chi connectivity index (χ3n) is 3.98. The van der Waals surface area contributed by atoms with E-state index in [9.17, 15) is 4.79 Å². The van der Waals surface area contributed by atoms with E-state index in [4.69, 9.17) is 11.6 Å². The molecule has 4 nitrogen and oxygen atoms in total. The number of nitrogens with zero attached hydrogens (tertiary/aromatic N) is 3. The summed E-state index contributed by atoms with van der Waals surface area (Å²) in [6.45, 7) is 0. The molecular weight excluding hydrogens is 330 g/mol. The molecule has 2 aromatic heterocycles. The molecule has 1 unspecified atom stereocenters. The molecule has 1 aromatic carbocycles. The number of allylic oxidation sites excluding steroid dienone is 2. The third-order valence-corrected chi connectivity index (χ3v) is 5.21. The zero-order valence-corrected chi connectivity index (χ0v) is 13.8. The number of fused-ring (bicyclic) bond motifs is 1. The van der Waals surface area contributed by atoms with Crippen molar-refractivity contribution in [1.29, 1.82) is 0 Å². The van der Waals surface area contributed by atoms with Gasteiger partial charge in [0.25, 0.3) is 5.56 Å². The van der Waals surface area contributed by atoms with Crippen molar-refractivity contribution in [3.63, 3.8) is 0 Å². The van der Waals surface area contributed by atoms with Gasteiger partial charge in [0, 0.05) is 10.6 Å². The molecule has 4 rings (SSSR count). The lowest BCUT2D eigenvalue weighted by Crippen LogP contribution is -2.25. The van der Waals surface area contributed by atoms with Crippen molar-refractivity contribution in [2.45, 2.75) is 19.3 Å². The van der Waals surface area contributed by atoms with Crippen LogP contribution < -0.4 is 10.1 Å². The molecular formula is C17H14ClN3OS. The quantitative estimate of drug-likeness (QED) is 0.670. The summed E-state index contributed by atoms with van der Waals surface area (Å²) in [5.41, 5.74) is 0.778. The number of aromatic nitrogens is 3. The Hall–Kier alpha value is -1.98. The van der Waals surface area contributed by atoms with E-state index in [-0.39, 0.29) is 5.56 Å². The molecule has 0 spiro atoms. The Kier molecular flexibility index (Phi) is 3.75. The maximum Gasteiger partial charge on any atom is 0.290 e. The summed E-state index contributed by atoms with van der Waals surface area (Å²) < 4.78 is 2.14. The Labute approximate surface area is 141 Å². The van der Waals surface area contributed by atoms with E-state index < -0.39 is 0 Å². The molecule has 2 heterocycles. The predicted octanol–water partition coefficient (Wildman–Crippen LogP) is 3.33. The van der Waals surface area contributed by atoms with Gasteiger partial charge in [-0.1, -0.05) is 41.2 Å². The molecule has 0 aliphatic heterocycles. The van der Waals surface area contributed by atoms with Crippen molar-refractivity contribution >= 4 is 34.0 Å². The number of benzene rings is 1. The van der Waals surface area contributed by atoms with Crippen LogP contribution in [0.25, 0.3) is 22.4 Å². The minimum Gasteiger partial charge on any atom is -0.266 e. The topological polar surface area (TPSA) is 47.3 Å². The Balaban J connectivity index is 1.74. The van der Waals surface area contributed by atoms with Gasteiger partial charge in [-0.05, 0) is 49.4 Å². The van der Waals surface area contributed by atoms with Crippen LogP contribution in [0.4, 0.5) is 0 Å². The smallest absolute Gasteiger partial charge is 0.266 e. The molecule has 0 amide bonds. The van der Waals surface area contributed by atoms with Crippen LogP contribution in [0.2, 0.25) is 5.02 Å². The maximum atomic E-state index is 12.5. The van der Waals surface area contributed by atoms with E-state index in [1.807, 2.05) is 12.1 Å². The van der Waals surface area contributed by atoms with Gasteiger partial charge in [0.2, 0.25) is 4.96 Å². The van der Waals surface area contributed by atoms with E-state index >= 15 is 0 Å². The average Bonchev–Trinajstić information content (AvgIpc) is 3.10. The minimum absolute atomic E-state index is 0.0766. The number of hydrogen-bond donors (Lipinski definition) is 0. The van der Waals surface area contributed by atoms with Crippen molar-refractivity contribution in [3.05, 3.63) is 56.3 Å². The number of thiazole rings is 1. The fourth-order valence-electron chi connectivity index (χ4n) is 2.75. The van der Waals surface area contributed by atoms with E-state index in [1.165, 1.54) is 15.9 Å². The lowest BCUT2D eigenvalue weighted by Gasteiger charge is -2.11. The van der Waals surface area contributed by atoms with Gasteiger partial charge in [-0.2, -0.15) is 9.50 Å². The SMILES string of the molecule is O=c1c(=CC2CC=CCC2)sc2nc(-c3ccc(Cl)cc3)nn12. The van der Waals surface area contributed by atoms with Crippen LogP contribution in [0.3, 0.4) is 0 Å². The van der Waals surface area contributed by atoms with Crippen LogP contribution in [0.5, 0.6) is 0 Å². The molecule has 0 saturated heterocycles. The highest BCUT2D eigenvalue weighted by atomic mass is 35.5. The molecule has 1 aliphatic rings. The van der Waals surface area contributed by atoms with Crippen LogP contribution in [0, 0.1) is 5.92 Å². The number of rotatable bonds is 2. The molecule has 0 radical (unpaired) electrons. The second-order valence-corrected chi connectivity index (χ2v) is 7.06. The number of halogens is 1. The van der Waals surface area contributed by atoms with Crippen LogP contribution >= 0.6 is 22.9 Å². The van der Waals surface area contributed by atoms with Gasteiger partial charge in [0.15, 0.2) is 5.82 Å². The first-order valence-corrected chi connectivity index (χ1v) is 8.72. The summed E-state index contributed by atoms with van der Waals surface area (Å²) in [5, 5.41) is 5.02. The van der Waals surface area contributed by atoms with Gasteiger partial charge in [-0.25, -0.2) is 0 Å². The van der Waals surface area contributed by atoms with Gasteiger partial charge in [0.1, 0.15) is 0 Å². The summed E-state index contributed by atoms with van der Waals surface area (Å²) in [4.78, 5) is 17.6. The molecule has 1 aliphatic carbocycles. The van der Waals surface area contributed by atoms with E-state index in [2.05, 4.69) is 28.3 Å². The normalized spacial score (nSPS) is 18.8. The molecule has 0 N–H and O–H groups in total. The largest absolute Gasteiger partial charge is 0.290 e. The van der Waals surface area contributed by atoms with Gasteiger partial charge in [-0.3, -0.25) is 4.79 Å². The van der Waals surface area contributed by atoms with Crippen molar-refractivity contribution in [2.24, 2.45) is 5.92 Å². The zero-order valence-electron chi connectivity index (χ0n) is 12.3. The van der Waals surface area contributed by atoms with Gasteiger partial charge >= 0.3 is 0 Å². The second kappa shape index (κ2) is 5.91. The van der Waals surface area contributed by atoms with Crippen molar-refractivity contribution in [1.82, 2.24) is 14.6 Å². The summed E-state index contributed by atoms with van der Waals surface area (Å²) >= 11 is 7.30. The first-order chi connectivity index (χ1) is 11.2. The summed E-state index contributed by atoms with van der Waals surface area (Å²) in [6.07, 6.45) is 9.64. The lowest BCUT2D eigenvalue weighted by atomic mass is 9.94. The van der Waals surface area contributed by atoms with Crippen molar-refractivity contribution in [2.75, 3.05) is 0 Å². The second-order valence-electron chi connectivity index (χ2n) is 5.62. The van der Waals surface area contributed by atoms with Gasteiger partial charge in [-0.15, -0.1) is 5.10 Å². The Morgan fingerprint density at radius 2 is 2.09 bits per heavy atom. The molecule has 6 heteroatoms. The third kappa shape index (κ3) is 2.82. The van der Waals surface area contributed by atoms with Crippen molar-refractivity contribution < 1.29 is 0 Å².